The van der Waals surface area contributed by atoms with Crippen molar-refractivity contribution in [2.24, 2.45) is 11.8 Å². The van der Waals surface area contributed by atoms with E-state index in [0.717, 1.165) is 19.6 Å². The highest BCUT2D eigenvalue weighted by molar-refractivity contribution is 5.92. The van der Waals surface area contributed by atoms with Gasteiger partial charge < -0.3 is 14.7 Å². The van der Waals surface area contributed by atoms with Crippen molar-refractivity contribution in [3.05, 3.63) is 52.9 Å². The number of likely N-dealkylation sites (tertiary alicyclic amines) is 1. The smallest absolute Gasteiger partial charge is 0.276 e. The van der Waals surface area contributed by atoms with Gasteiger partial charge in [0.05, 0.1) is 6.04 Å². The maximum absolute atomic E-state index is 13.0. The number of rotatable bonds is 2. The van der Waals surface area contributed by atoms with Gasteiger partial charge in [-0.3, -0.25) is 4.79 Å². The third-order valence-corrected chi connectivity index (χ3v) is 5.18. The summed E-state index contributed by atoms with van der Waals surface area (Å²) in [6.45, 7) is 6.65. The van der Waals surface area contributed by atoms with Gasteiger partial charge in [-0.1, -0.05) is 29.4 Å². The SMILES string of the molecule is Cc1cc(C(=O)N2C[C@@H]3CNC[C@@H]3[C@H]2c2ccccc2C)no1. The molecule has 0 saturated carbocycles. The number of aryl methyl sites for hydroxylation is 2. The van der Waals surface area contributed by atoms with E-state index in [1.165, 1.54) is 11.1 Å². The van der Waals surface area contributed by atoms with Crippen molar-refractivity contribution in [3.8, 4) is 0 Å². The molecule has 5 heteroatoms. The maximum Gasteiger partial charge on any atom is 0.276 e. The molecular weight excluding hydrogens is 290 g/mol. The molecule has 2 aliphatic heterocycles. The first kappa shape index (κ1) is 14.5. The lowest BCUT2D eigenvalue weighted by molar-refractivity contribution is 0.0703. The summed E-state index contributed by atoms with van der Waals surface area (Å²) < 4.78 is 5.09. The number of benzene rings is 1. The Hall–Kier alpha value is -2.14. The molecule has 23 heavy (non-hydrogen) atoms. The molecule has 0 aliphatic carbocycles. The minimum Gasteiger partial charge on any atom is -0.361 e. The van der Waals surface area contributed by atoms with Gasteiger partial charge in [0, 0.05) is 31.6 Å². The monoisotopic (exact) mass is 311 g/mol. The molecule has 5 nitrogen and oxygen atoms in total. The minimum absolute atomic E-state index is 0.0236. The molecule has 1 amide bonds. The Labute approximate surface area is 135 Å². The lowest BCUT2D eigenvalue weighted by Gasteiger charge is -2.29. The van der Waals surface area contributed by atoms with E-state index in [1.807, 2.05) is 17.9 Å². The largest absolute Gasteiger partial charge is 0.361 e. The van der Waals surface area contributed by atoms with Gasteiger partial charge in [-0.2, -0.15) is 0 Å². The number of hydrogen-bond donors (Lipinski definition) is 1. The van der Waals surface area contributed by atoms with Crippen LogP contribution in [0.25, 0.3) is 0 Å². The molecule has 1 aromatic carbocycles. The van der Waals surface area contributed by atoms with E-state index in [0.29, 0.717) is 23.3 Å². The number of carbonyl (C=O) groups is 1. The molecule has 0 bridgehead atoms. The number of nitrogens with one attached hydrogen (secondary N) is 1. The second-order valence-electron chi connectivity index (χ2n) is 6.66. The molecule has 2 fully saturated rings. The zero-order valence-corrected chi connectivity index (χ0v) is 13.5. The average molecular weight is 311 g/mol. The topological polar surface area (TPSA) is 58.4 Å². The van der Waals surface area contributed by atoms with Crippen LogP contribution in [-0.2, 0) is 0 Å². The number of amides is 1. The standard InChI is InChI=1S/C18H21N3O2/c1-11-5-3-4-6-14(11)17-15-9-19-8-13(15)10-21(17)18(22)16-7-12(2)23-20-16/h3-7,13,15,17,19H,8-10H2,1-2H3/t13-,15-,17+/m0/s1. The van der Waals surface area contributed by atoms with Crippen LogP contribution in [0.4, 0.5) is 0 Å². The van der Waals surface area contributed by atoms with E-state index in [1.54, 1.807) is 6.07 Å². The molecule has 2 aliphatic rings. The first-order valence-corrected chi connectivity index (χ1v) is 8.15. The van der Waals surface area contributed by atoms with E-state index >= 15 is 0 Å². The third-order valence-electron chi connectivity index (χ3n) is 5.18. The summed E-state index contributed by atoms with van der Waals surface area (Å²) in [5, 5.41) is 7.40. The van der Waals surface area contributed by atoms with Gasteiger partial charge in [0.15, 0.2) is 5.69 Å². The van der Waals surface area contributed by atoms with Crippen molar-refractivity contribution < 1.29 is 9.32 Å². The zero-order valence-electron chi connectivity index (χ0n) is 13.5. The van der Waals surface area contributed by atoms with Gasteiger partial charge in [-0.05, 0) is 30.9 Å². The summed E-state index contributed by atoms with van der Waals surface area (Å²) in [6.07, 6.45) is 0. The minimum atomic E-state index is -0.0236. The number of hydrogen-bond acceptors (Lipinski definition) is 4. The Morgan fingerprint density at radius 2 is 2.13 bits per heavy atom. The van der Waals surface area contributed by atoms with E-state index in [4.69, 9.17) is 4.52 Å². The summed E-state index contributed by atoms with van der Waals surface area (Å²) in [6, 6.07) is 10.2. The summed E-state index contributed by atoms with van der Waals surface area (Å²) in [4.78, 5) is 15.0. The van der Waals surface area contributed by atoms with E-state index < -0.39 is 0 Å². The Morgan fingerprint density at radius 3 is 2.87 bits per heavy atom. The van der Waals surface area contributed by atoms with Crippen LogP contribution in [-0.4, -0.2) is 35.6 Å². The van der Waals surface area contributed by atoms with Crippen molar-refractivity contribution in [2.75, 3.05) is 19.6 Å². The predicted octanol–water partition coefficient (Wildman–Crippen LogP) is 2.32. The number of nitrogens with zero attached hydrogens (tertiary/aromatic N) is 2. The van der Waals surface area contributed by atoms with Gasteiger partial charge in [0.25, 0.3) is 5.91 Å². The second-order valence-corrected chi connectivity index (χ2v) is 6.66. The van der Waals surface area contributed by atoms with E-state index in [-0.39, 0.29) is 11.9 Å². The summed E-state index contributed by atoms with van der Waals surface area (Å²) in [7, 11) is 0. The van der Waals surface area contributed by atoms with E-state index in [2.05, 4.69) is 35.6 Å². The van der Waals surface area contributed by atoms with Gasteiger partial charge in [0.2, 0.25) is 0 Å². The van der Waals surface area contributed by atoms with Crippen molar-refractivity contribution in [2.45, 2.75) is 19.9 Å². The molecule has 3 heterocycles. The molecule has 120 valence electrons. The van der Waals surface area contributed by atoms with Crippen LogP contribution in [0.1, 0.15) is 33.4 Å². The lowest BCUT2D eigenvalue weighted by Crippen LogP contribution is -2.35. The van der Waals surface area contributed by atoms with Crippen molar-refractivity contribution >= 4 is 5.91 Å². The van der Waals surface area contributed by atoms with Crippen LogP contribution in [0.3, 0.4) is 0 Å². The normalized spacial score (nSPS) is 26.5. The van der Waals surface area contributed by atoms with Crippen LogP contribution in [0.15, 0.2) is 34.9 Å². The second kappa shape index (κ2) is 5.49. The van der Waals surface area contributed by atoms with Crippen molar-refractivity contribution in [1.29, 1.82) is 0 Å². The quantitative estimate of drug-likeness (QED) is 0.925. The van der Waals surface area contributed by atoms with Crippen LogP contribution in [0.2, 0.25) is 0 Å². The van der Waals surface area contributed by atoms with Gasteiger partial charge >= 0.3 is 0 Å². The van der Waals surface area contributed by atoms with Gasteiger partial charge in [-0.25, -0.2) is 0 Å². The highest BCUT2D eigenvalue weighted by atomic mass is 16.5. The summed E-state index contributed by atoms with van der Waals surface area (Å²) in [5.74, 6) is 1.62. The van der Waals surface area contributed by atoms with Crippen LogP contribution in [0, 0.1) is 25.7 Å². The fraction of sp³-hybridized carbons (Fsp3) is 0.444. The highest BCUT2D eigenvalue weighted by Gasteiger charge is 2.47. The number of aromatic nitrogens is 1. The van der Waals surface area contributed by atoms with Gasteiger partial charge in [0.1, 0.15) is 5.76 Å². The molecule has 1 aromatic heterocycles. The molecule has 3 atom stereocenters. The Bertz CT molecular complexity index is 739. The summed E-state index contributed by atoms with van der Waals surface area (Å²) in [5.41, 5.74) is 2.89. The molecule has 0 spiro atoms. The Balaban J connectivity index is 1.73. The van der Waals surface area contributed by atoms with Crippen molar-refractivity contribution in [1.82, 2.24) is 15.4 Å². The molecule has 2 aromatic rings. The highest BCUT2D eigenvalue weighted by Crippen LogP contribution is 2.44. The van der Waals surface area contributed by atoms with Crippen LogP contribution < -0.4 is 5.32 Å². The Morgan fingerprint density at radius 1 is 1.30 bits per heavy atom. The molecular formula is C18H21N3O2. The first-order chi connectivity index (χ1) is 11.1. The zero-order chi connectivity index (χ0) is 16.0. The van der Waals surface area contributed by atoms with E-state index in [9.17, 15) is 4.79 Å². The molecule has 1 N–H and O–H groups in total. The fourth-order valence-corrected chi connectivity index (χ4v) is 4.06. The van der Waals surface area contributed by atoms with Gasteiger partial charge in [-0.15, -0.1) is 0 Å². The molecule has 4 rings (SSSR count). The summed E-state index contributed by atoms with van der Waals surface area (Å²) >= 11 is 0. The Kier molecular flexibility index (Phi) is 3.45. The molecule has 2 saturated heterocycles. The molecule has 0 unspecified atom stereocenters. The predicted molar refractivity (Wildman–Crippen MR) is 86.0 cm³/mol. The number of carbonyl (C=O) groups excluding carboxylic acids is 1. The van der Waals surface area contributed by atoms with Crippen LogP contribution in [0.5, 0.6) is 0 Å². The first-order valence-electron chi connectivity index (χ1n) is 8.15. The lowest BCUT2D eigenvalue weighted by atomic mass is 9.87. The molecule has 0 radical (unpaired) electrons. The van der Waals surface area contributed by atoms with Crippen molar-refractivity contribution in [3.63, 3.8) is 0 Å². The average Bonchev–Trinajstić information content (AvgIpc) is 3.22. The number of fused-ring (bicyclic) bond motifs is 1. The maximum atomic E-state index is 13.0. The van der Waals surface area contributed by atoms with Crippen LogP contribution >= 0.6 is 0 Å². The third kappa shape index (κ3) is 2.36. The fourth-order valence-electron chi connectivity index (χ4n) is 4.06.